The minimum atomic E-state index is -0.698. The van der Waals surface area contributed by atoms with Gasteiger partial charge in [0.1, 0.15) is 5.92 Å². The summed E-state index contributed by atoms with van der Waals surface area (Å²) in [6, 6.07) is 29.5. The first-order valence-electron chi connectivity index (χ1n) is 14.2. The first-order chi connectivity index (χ1) is 20.2. The van der Waals surface area contributed by atoms with Crippen LogP contribution < -0.4 is 9.80 Å². The summed E-state index contributed by atoms with van der Waals surface area (Å²) in [4.78, 5) is 35.6. The van der Waals surface area contributed by atoms with Gasteiger partial charge in [0.25, 0.3) is 0 Å². The molecule has 1 saturated carbocycles. The number of anilines is 2. The highest BCUT2D eigenvalue weighted by Crippen LogP contribution is 2.49. The van der Waals surface area contributed by atoms with Gasteiger partial charge < -0.3 is 9.80 Å². The molecule has 1 aliphatic heterocycles. The lowest BCUT2D eigenvalue weighted by atomic mass is 9.72. The van der Waals surface area contributed by atoms with Crippen molar-refractivity contribution >= 4 is 56.4 Å². The van der Waals surface area contributed by atoms with Crippen molar-refractivity contribution in [3.8, 4) is 20.2 Å². The van der Waals surface area contributed by atoms with Crippen molar-refractivity contribution in [1.29, 1.82) is 0 Å². The van der Waals surface area contributed by atoms with Crippen molar-refractivity contribution in [2.24, 2.45) is 0 Å². The van der Waals surface area contributed by atoms with Crippen LogP contribution >= 0.6 is 22.7 Å². The van der Waals surface area contributed by atoms with Gasteiger partial charge in [0.05, 0.1) is 16.5 Å². The van der Waals surface area contributed by atoms with E-state index in [2.05, 4.69) is 96.4 Å². The lowest BCUT2D eigenvalue weighted by Crippen LogP contribution is -2.43. The van der Waals surface area contributed by atoms with E-state index < -0.39 is 5.92 Å². The van der Waals surface area contributed by atoms with E-state index in [0.29, 0.717) is 5.57 Å². The van der Waals surface area contributed by atoms with Crippen LogP contribution in [-0.2, 0) is 15.0 Å². The van der Waals surface area contributed by atoms with E-state index in [0.717, 1.165) is 15.4 Å². The molecule has 0 spiro atoms. The predicted molar refractivity (Wildman–Crippen MR) is 177 cm³/mol. The zero-order valence-corrected chi connectivity index (χ0v) is 26.0. The molecule has 0 bridgehead atoms. The minimum absolute atomic E-state index is 0.0552. The van der Waals surface area contributed by atoms with Gasteiger partial charge in [0.2, 0.25) is 0 Å². The van der Waals surface area contributed by atoms with Gasteiger partial charge in [-0.25, -0.2) is 0 Å². The molecule has 42 heavy (non-hydrogen) atoms. The maximum Gasteiger partial charge on any atom is 0.182 e. The van der Waals surface area contributed by atoms with Gasteiger partial charge in [-0.3, -0.25) is 9.59 Å². The van der Waals surface area contributed by atoms with Crippen molar-refractivity contribution in [3.05, 3.63) is 107 Å². The summed E-state index contributed by atoms with van der Waals surface area (Å²) in [7, 11) is 6.14. The molecule has 5 aromatic rings. The van der Waals surface area contributed by atoms with Gasteiger partial charge >= 0.3 is 0 Å². The van der Waals surface area contributed by atoms with Crippen LogP contribution in [0.1, 0.15) is 30.2 Å². The van der Waals surface area contributed by atoms with Crippen molar-refractivity contribution in [2.45, 2.75) is 31.2 Å². The molecule has 2 aromatic heterocycles. The predicted octanol–water partition coefficient (Wildman–Crippen LogP) is 8.32. The average Bonchev–Trinajstić information content (AvgIpc) is 3.66. The zero-order chi connectivity index (χ0) is 29.3. The van der Waals surface area contributed by atoms with Crippen LogP contribution in [0.2, 0.25) is 0 Å². The number of Topliss-reactive ketones (excluding diaryl/α,β-unsaturated/α-hetero) is 2. The van der Waals surface area contributed by atoms with Crippen LogP contribution in [0.3, 0.4) is 0 Å². The summed E-state index contributed by atoms with van der Waals surface area (Å²) in [5.41, 5.74) is 4.89. The third kappa shape index (κ3) is 4.00. The first kappa shape index (κ1) is 26.9. The standard InChI is InChI=1S/C36H32N2O2S2/c1-36(2)26-12-8-9-13-27(26)38(5)30(36)20-25-32(39)31(33(25)40)28-18-19-29(41-28)35-24-11-7-6-10-23(24)34(42-35)21-14-16-22(17-15-21)37(3)4/h6-20,30-31H,1-5H3. The third-order valence-electron chi connectivity index (χ3n) is 8.92. The van der Waals surface area contributed by atoms with E-state index in [1.165, 1.54) is 37.3 Å². The van der Waals surface area contributed by atoms with Gasteiger partial charge in [-0.1, -0.05) is 68.4 Å². The molecule has 4 nitrogen and oxygen atoms in total. The Labute approximate surface area is 254 Å². The number of hydrogen-bond donors (Lipinski definition) is 0. The summed E-state index contributed by atoms with van der Waals surface area (Å²) in [6.45, 7) is 4.37. The molecule has 0 radical (unpaired) electrons. The highest BCUT2D eigenvalue weighted by molar-refractivity contribution is 7.25. The number of allylic oxidation sites excluding steroid dienone is 1. The number of thiophene rings is 2. The number of rotatable bonds is 5. The van der Waals surface area contributed by atoms with Gasteiger partial charge in [-0.15, -0.1) is 22.7 Å². The first-order valence-corrected chi connectivity index (χ1v) is 15.8. The van der Waals surface area contributed by atoms with Gasteiger partial charge in [-0.2, -0.15) is 0 Å². The molecule has 1 unspecified atom stereocenters. The van der Waals surface area contributed by atoms with E-state index in [1.807, 2.05) is 39.4 Å². The second-order valence-corrected chi connectivity index (χ2v) is 14.1. The maximum atomic E-state index is 13.5. The van der Waals surface area contributed by atoms with Crippen LogP contribution in [0, 0.1) is 0 Å². The fraction of sp³-hybridized carbons (Fsp3) is 0.222. The van der Waals surface area contributed by atoms with E-state index in [-0.39, 0.29) is 23.0 Å². The molecule has 6 heteroatoms. The fourth-order valence-electron chi connectivity index (χ4n) is 6.52. The van der Waals surface area contributed by atoms with Crippen LogP contribution in [0.15, 0.2) is 96.6 Å². The Hall–Kier alpha value is -4.00. The molecule has 3 aromatic carbocycles. The Morgan fingerprint density at radius 1 is 0.786 bits per heavy atom. The Morgan fingerprint density at radius 2 is 1.43 bits per heavy atom. The largest absolute Gasteiger partial charge is 0.378 e. The Bertz CT molecular complexity index is 1890. The zero-order valence-electron chi connectivity index (χ0n) is 24.3. The molecule has 1 atom stereocenters. The lowest BCUT2D eigenvalue weighted by molar-refractivity contribution is -0.133. The molecule has 0 amide bonds. The summed E-state index contributed by atoms with van der Waals surface area (Å²) in [5.74, 6) is -0.825. The van der Waals surface area contributed by atoms with Crippen LogP contribution in [0.5, 0.6) is 0 Å². The second-order valence-electron chi connectivity index (χ2n) is 12.0. The molecule has 1 aliphatic carbocycles. The van der Waals surface area contributed by atoms with E-state index >= 15 is 0 Å². The normalized spacial score (nSPS) is 19.3. The summed E-state index contributed by atoms with van der Waals surface area (Å²) in [5, 5.41) is 2.41. The fourth-order valence-corrected chi connectivity index (χ4v) is 9.04. The van der Waals surface area contributed by atoms with E-state index in [1.54, 1.807) is 22.7 Å². The highest BCUT2D eigenvalue weighted by Gasteiger charge is 2.49. The topological polar surface area (TPSA) is 40.6 Å². The number of likely N-dealkylation sites (N-methyl/N-ethyl adjacent to an activating group) is 1. The molecule has 1 fully saturated rings. The van der Waals surface area contributed by atoms with Crippen molar-refractivity contribution in [1.82, 2.24) is 0 Å². The molecule has 0 N–H and O–H groups in total. The van der Waals surface area contributed by atoms with E-state index in [9.17, 15) is 9.59 Å². The number of carbonyl (C=O) groups excluding carboxylic acids is 2. The smallest absolute Gasteiger partial charge is 0.182 e. The summed E-state index contributed by atoms with van der Waals surface area (Å²) < 4.78 is 0. The third-order valence-corrected chi connectivity index (χ3v) is 11.5. The number of ketones is 2. The minimum Gasteiger partial charge on any atom is -0.378 e. The second kappa shape index (κ2) is 9.79. The summed E-state index contributed by atoms with van der Waals surface area (Å²) >= 11 is 3.34. The number of hydrogen-bond acceptors (Lipinski definition) is 6. The molecular weight excluding hydrogens is 557 g/mol. The van der Waals surface area contributed by atoms with E-state index in [4.69, 9.17) is 0 Å². The van der Waals surface area contributed by atoms with Crippen molar-refractivity contribution in [2.75, 3.05) is 30.9 Å². The average molecular weight is 589 g/mol. The summed E-state index contributed by atoms with van der Waals surface area (Å²) in [6.07, 6.45) is 1.91. The Balaban J connectivity index is 1.19. The molecule has 2 aliphatic rings. The van der Waals surface area contributed by atoms with Crippen LogP contribution in [0.4, 0.5) is 11.4 Å². The molecule has 7 rings (SSSR count). The Morgan fingerprint density at radius 3 is 2.10 bits per heavy atom. The lowest BCUT2D eigenvalue weighted by Gasteiger charge is -2.33. The molecule has 3 heterocycles. The molecule has 210 valence electrons. The van der Waals surface area contributed by atoms with Gasteiger partial charge in [0, 0.05) is 63.3 Å². The SMILES string of the molecule is CN(C)c1ccc(-c2sc(-c3ccc(C4C(=O)C(=CC5N(C)c6ccccc6C5(C)C)C4=O)s3)c3ccccc23)cc1. The van der Waals surface area contributed by atoms with Gasteiger partial charge in [-0.05, 0) is 47.5 Å². The number of benzene rings is 3. The number of nitrogens with zero attached hydrogens (tertiary/aromatic N) is 2. The number of carbonyl (C=O) groups is 2. The molecule has 0 saturated heterocycles. The highest BCUT2D eigenvalue weighted by atomic mass is 32.1. The van der Waals surface area contributed by atoms with Crippen LogP contribution in [-0.4, -0.2) is 38.8 Å². The van der Waals surface area contributed by atoms with Gasteiger partial charge in [0.15, 0.2) is 11.6 Å². The van der Waals surface area contributed by atoms with Crippen LogP contribution in [0.25, 0.3) is 31.0 Å². The Kier molecular flexibility index (Phi) is 6.26. The molecular formula is C36H32N2O2S2. The quantitative estimate of drug-likeness (QED) is 0.118. The van der Waals surface area contributed by atoms with Crippen molar-refractivity contribution < 1.29 is 9.59 Å². The maximum absolute atomic E-state index is 13.5. The number of para-hydroxylation sites is 1. The monoisotopic (exact) mass is 588 g/mol. The van der Waals surface area contributed by atoms with Crippen molar-refractivity contribution in [3.63, 3.8) is 0 Å². The number of fused-ring (bicyclic) bond motifs is 2.